The zero-order valence-corrected chi connectivity index (χ0v) is 22.6. The maximum atomic E-state index is 12.1. The third-order valence-electron chi connectivity index (χ3n) is 6.80. The number of hydrogen-bond donors (Lipinski definition) is 3. The van der Waals surface area contributed by atoms with Gasteiger partial charge in [-0.1, -0.05) is 11.3 Å². The second-order valence-electron chi connectivity index (χ2n) is 9.44. The van der Waals surface area contributed by atoms with Crippen molar-refractivity contribution in [2.24, 2.45) is 5.41 Å². The first-order valence-corrected chi connectivity index (χ1v) is 13.3. The second-order valence-corrected chi connectivity index (χ2v) is 10.4. The number of aliphatic carboxylic acids is 1. The number of aromatic nitrogens is 5. The third kappa shape index (κ3) is 5.43. The minimum atomic E-state index is -0.766. The van der Waals surface area contributed by atoms with Gasteiger partial charge in [-0.2, -0.15) is 0 Å². The lowest BCUT2D eigenvalue weighted by Gasteiger charge is -2.36. The van der Waals surface area contributed by atoms with Gasteiger partial charge < -0.3 is 20.1 Å². The van der Waals surface area contributed by atoms with Crippen molar-refractivity contribution in [3.8, 4) is 28.3 Å². The molecule has 3 N–H and O–H groups in total. The molecular formula is C26H28N8O4S. The van der Waals surface area contributed by atoms with Gasteiger partial charge in [0.25, 0.3) is 0 Å². The highest BCUT2D eigenvalue weighted by Gasteiger charge is 2.37. The molecule has 3 aromatic heterocycles. The van der Waals surface area contributed by atoms with E-state index in [4.69, 9.17) is 4.74 Å². The highest BCUT2D eigenvalue weighted by Crippen LogP contribution is 2.38. The normalized spacial score (nSPS) is 14.7. The summed E-state index contributed by atoms with van der Waals surface area (Å²) in [7, 11) is 1.53. The number of ether oxygens (including phenoxy) is 1. The summed E-state index contributed by atoms with van der Waals surface area (Å²) in [5.41, 5.74) is 3.00. The zero-order valence-electron chi connectivity index (χ0n) is 21.8. The number of amides is 2. The van der Waals surface area contributed by atoms with Crippen LogP contribution < -0.4 is 20.3 Å². The van der Waals surface area contributed by atoms with E-state index in [-0.39, 0.29) is 6.03 Å². The van der Waals surface area contributed by atoms with Crippen LogP contribution in [0.3, 0.4) is 0 Å². The molecule has 1 aliphatic heterocycles. The molecule has 0 radical (unpaired) electrons. The van der Waals surface area contributed by atoms with E-state index in [1.807, 2.05) is 24.0 Å². The average Bonchev–Trinajstić information content (AvgIpc) is 3.35. The van der Waals surface area contributed by atoms with Gasteiger partial charge in [0.1, 0.15) is 0 Å². The lowest BCUT2D eigenvalue weighted by atomic mass is 9.80. The average molecular weight is 549 g/mol. The van der Waals surface area contributed by atoms with Gasteiger partial charge in [-0.15, -0.1) is 0 Å². The largest absolute Gasteiger partial charge is 0.481 e. The summed E-state index contributed by atoms with van der Waals surface area (Å²) in [5, 5.41) is 15.4. The van der Waals surface area contributed by atoms with Crippen molar-refractivity contribution in [1.29, 1.82) is 0 Å². The minimum absolute atomic E-state index is 0.326. The van der Waals surface area contributed by atoms with Crippen LogP contribution in [0.4, 0.5) is 15.9 Å². The van der Waals surface area contributed by atoms with E-state index in [0.29, 0.717) is 60.6 Å². The third-order valence-corrected chi connectivity index (χ3v) is 7.82. The number of fused-ring (bicyclic) bond motifs is 1. The Morgan fingerprint density at radius 3 is 2.44 bits per heavy atom. The Morgan fingerprint density at radius 2 is 1.82 bits per heavy atom. The van der Waals surface area contributed by atoms with E-state index < -0.39 is 11.4 Å². The molecule has 1 fully saturated rings. The number of nitrogens with one attached hydrogen (secondary N) is 2. The van der Waals surface area contributed by atoms with E-state index in [1.165, 1.54) is 18.4 Å². The van der Waals surface area contributed by atoms with Crippen molar-refractivity contribution in [3.63, 3.8) is 0 Å². The number of piperidine rings is 1. The SMILES string of the molecule is CCNC(=O)Nc1nc2cc(-c3cnc(N4CCC(C)(C(=O)O)CC4)nc3)cc(-c3cnc(OC)cn3)c2s1. The van der Waals surface area contributed by atoms with Gasteiger partial charge in [-0.3, -0.25) is 10.1 Å². The van der Waals surface area contributed by atoms with Crippen LogP contribution >= 0.6 is 11.3 Å². The van der Waals surface area contributed by atoms with Gasteiger partial charge >= 0.3 is 12.0 Å². The molecule has 0 saturated carbocycles. The van der Waals surface area contributed by atoms with Crippen LogP contribution in [0.25, 0.3) is 32.6 Å². The molecular weight excluding hydrogens is 520 g/mol. The van der Waals surface area contributed by atoms with Gasteiger partial charge in [-0.25, -0.2) is 29.7 Å². The van der Waals surface area contributed by atoms with Crippen LogP contribution in [0.1, 0.15) is 26.7 Å². The maximum absolute atomic E-state index is 12.1. The number of nitrogens with zero attached hydrogens (tertiary/aromatic N) is 6. The molecule has 1 aliphatic rings. The van der Waals surface area contributed by atoms with Gasteiger partial charge in [0, 0.05) is 43.2 Å². The molecule has 0 unspecified atom stereocenters. The number of carbonyl (C=O) groups excluding carboxylic acids is 1. The Kier molecular flexibility index (Phi) is 7.24. The summed E-state index contributed by atoms with van der Waals surface area (Å²) in [6.45, 7) is 5.28. The van der Waals surface area contributed by atoms with E-state index in [0.717, 1.165) is 21.4 Å². The Hall–Kier alpha value is -4.39. The Balaban J connectivity index is 1.48. The number of rotatable bonds is 7. The predicted molar refractivity (Wildman–Crippen MR) is 148 cm³/mol. The van der Waals surface area contributed by atoms with E-state index in [2.05, 4.69) is 35.6 Å². The number of anilines is 2. The second kappa shape index (κ2) is 10.8. The van der Waals surface area contributed by atoms with Crippen LogP contribution in [-0.2, 0) is 4.79 Å². The summed E-state index contributed by atoms with van der Waals surface area (Å²) < 4.78 is 6.00. The molecule has 0 aliphatic carbocycles. The van der Waals surface area contributed by atoms with Crippen LogP contribution in [0.2, 0.25) is 0 Å². The molecule has 202 valence electrons. The Bertz CT molecular complexity index is 1500. The summed E-state index contributed by atoms with van der Waals surface area (Å²) in [6, 6.07) is 3.57. The first-order valence-electron chi connectivity index (χ1n) is 12.5. The Morgan fingerprint density at radius 1 is 1.08 bits per heavy atom. The quantitative estimate of drug-likeness (QED) is 0.308. The van der Waals surface area contributed by atoms with Gasteiger partial charge in [0.05, 0.1) is 40.8 Å². The number of thiazole rings is 1. The van der Waals surface area contributed by atoms with Crippen molar-refractivity contribution < 1.29 is 19.4 Å². The number of hydrogen-bond acceptors (Lipinski definition) is 10. The monoisotopic (exact) mass is 548 g/mol. The highest BCUT2D eigenvalue weighted by atomic mass is 32.1. The van der Waals surface area contributed by atoms with Gasteiger partial charge in [0.2, 0.25) is 11.8 Å². The predicted octanol–water partition coefficient (Wildman–Crippen LogP) is 4.05. The number of benzene rings is 1. The summed E-state index contributed by atoms with van der Waals surface area (Å²) in [6.07, 6.45) is 7.75. The smallest absolute Gasteiger partial charge is 0.321 e. The van der Waals surface area contributed by atoms with Crippen molar-refractivity contribution in [2.45, 2.75) is 26.7 Å². The van der Waals surface area contributed by atoms with E-state index in [1.54, 1.807) is 31.7 Å². The molecule has 12 nitrogen and oxygen atoms in total. The Labute approximate surface area is 228 Å². The standard InChI is InChI=1S/C26H28N8O4S/c1-4-27-24(37)33-25-32-18-10-15(9-17(21(18)39-25)19-13-29-20(38-3)14-28-19)16-11-30-23(31-12-16)34-7-5-26(2,6-8-34)22(35)36/h9-14H,4-8H2,1-3H3,(H,35,36)(H2,27,32,33,37). The van der Waals surface area contributed by atoms with Gasteiger partial charge in [0.15, 0.2) is 5.13 Å². The molecule has 0 bridgehead atoms. The van der Waals surface area contributed by atoms with Crippen molar-refractivity contribution in [1.82, 2.24) is 30.2 Å². The number of methoxy groups -OCH3 is 1. The maximum Gasteiger partial charge on any atom is 0.321 e. The van der Waals surface area contributed by atoms with Crippen LogP contribution in [0, 0.1) is 5.41 Å². The lowest BCUT2D eigenvalue weighted by Crippen LogP contribution is -2.43. The lowest BCUT2D eigenvalue weighted by molar-refractivity contribution is -0.149. The van der Waals surface area contributed by atoms with E-state index in [9.17, 15) is 14.7 Å². The fourth-order valence-corrected chi connectivity index (χ4v) is 5.32. The zero-order chi connectivity index (χ0) is 27.6. The van der Waals surface area contributed by atoms with Crippen molar-refractivity contribution in [3.05, 3.63) is 36.9 Å². The molecule has 5 rings (SSSR count). The minimum Gasteiger partial charge on any atom is -0.481 e. The molecule has 4 aromatic rings. The molecule has 4 heterocycles. The van der Waals surface area contributed by atoms with Crippen LogP contribution in [0.5, 0.6) is 5.88 Å². The van der Waals surface area contributed by atoms with Crippen LogP contribution in [-0.4, -0.2) is 68.8 Å². The topological polar surface area (TPSA) is 155 Å². The molecule has 13 heteroatoms. The molecule has 0 atom stereocenters. The number of carboxylic acids is 1. The molecule has 39 heavy (non-hydrogen) atoms. The van der Waals surface area contributed by atoms with Crippen LogP contribution in [0.15, 0.2) is 36.9 Å². The summed E-state index contributed by atoms with van der Waals surface area (Å²) in [5.74, 6) is 0.201. The number of carbonyl (C=O) groups is 2. The first-order chi connectivity index (χ1) is 18.8. The number of urea groups is 1. The first kappa shape index (κ1) is 26.2. The summed E-state index contributed by atoms with van der Waals surface area (Å²) in [4.78, 5) is 48.3. The molecule has 0 spiro atoms. The van der Waals surface area contributed by atoms with Crippen molar-refractivity contribution in [2.75, 3.05) is 37.0 Å². The number of carboxylic acid groups (broad SMARTS) is 1. The van der Waals surface area contributed by atoms with Crippen molar-refractivity contribution >= 4 is 44.6 Å². The molecule has 1 saturated heterocycles. The highest BCUT2D eigenvalue weighted by molar-refractivity contribution is 7.22. The molecule has 2 amide bonds. The van der Waals surface area contributed by atoms with E-state index >= 15 is 0 Å². The summed E-state index contributed by atoms with van der Waals surface area (Å²) >= 11 is 1.35. The molecule has 1 aromatic carbocycles. The fraction of sp³-hybridized carbons (Fsp3) is 0.346. The fourth-order valence-electron chi connectivity index (χ4n) is 4.35. The van der Waals surface area contributed by atoms with Gasteiger partial charge in [-0.05, 0) is 44.4 Å².